The van der Waals surface area contributed by atoms with Crippen molar-refractivity contribution in [2.75, 3.05) is 0 Å². The second kappa shape index (κ2) is 4.60. The smallest absolute Gasteiger partial charge is 0.00828 e. The van der Waals surface area contributed by atoms with Crippen LogP contribution >= 0.6 is 0 Å². The molecule has 2 aliphatic rings. The summed E-state index contributed by atoms with van der Waals surface area (Å²) in [4.78, 5) is 0. The number of rotatable bonds is 0. The van der Waals surface area contributed by atoms with Crippen LogP contribution in [0.25, 0.3) is 11.1 Å². The van der Waals surface area contributed by atoms with E-state index in [1.165, 1.54) is 33.4 Å². The first kappa shape index (κ1) is 11.9. The van der Waals surface area contributed by atoms with E-state index in [1.54, 1.807) is 0 Å². The van der Waals surface area contributed by atoms with Gasteiger partial charge in [0, 0.05) is 6.04 Å². The monoisotopic (exact) mass is 261 g/mol. The van der Waals surface area contributed by atoms with Gasteiger partial charge in [0.05, 0.1) is 0 Å². The Labute approximate surface area is 120 Å². The second-order valence-corrected chi connectivity index (χ2v) is 5.95. The van der Waals surface area contributed by atoms with Gasteiger partial charge in [-0.1, -0.05) is 48.5 Å². The van der Waals surface area contributed by atoms with Crippen LogP contribution in [0.1, 0.15) is 41.5 Å². The van der Waals surface area contributed by atoms with E-state index in [0.717, 1.165) is 25.7 Å². The molecule has 0 amide bonds. The van der Waals surface area contributed by atoms with Gasteiger partial charge in [-0.25, -0.2) is 0 Å². The van der Waals surface area contributed by atoms with E-state index in [2.05, 4.69) is 48.5 Å². The fraction of sp³-hybridized carbons (Fsp3) is 0.263. The molecule has 4 rings (SSSR count). The van der Waals surface area contributed by atoms with Crippen molar-refractivity contribution in [3.05, 3.63) is 70.8 Å². The molecular weight excluding hydrogens is 242 g/mol. The van der Waals surface area contributed by atoms with Gasteiger partial charge in [0.2, 0.25) is 0 Å². The number of allylic oxidation sites excluding steroid dienone is 1. The van der Waals surface area contributed by atoms with E-state index >= 15 is 0 Å². The van der Waals surface area contributed by atoms with E-state index in [0.29, 0.717) is 6.04 Å². The topological polar surface area (TPSA) is 26.0 Å². The molecular formula is C19H19N. The minimum Gasteiger partial charge on any atom is -0.327 e. The Morgan fingerprint density at radius 1 is 0.800 bits per heavy atom. The van der Waals surface area contributed by atoms with Crippen molar-refractivity contribution in [1.82, 2.24) is 0 Å². The van der Waals surface area contributed by atoms with Crippen molar-refractivity contribution < 1.29 is 0 Å². The average Bonchev–Trinajstić information content (AvgIpc) is 2.61. The third kappa shape index (κ3) is 1.82. The molecule has 0 saturated heterocycles. The summed E-state index contributed by atoms with van der Waals surface area (Å²) >= 11 is 0. The average molecular weight is 261 g/mol. The quantitative estimate of drug-likeness (QED) is 0.761. The maximum atomic E-state index is 6.24. The van der Waals surface area contributed by atoms with Crippen molar-refractivity contribution in [1.29, 1.82) is 0 Å². The Bertz CT molecular complexity index is 696. The lowest BCUT2D eigenvalue weighted by molar-refractivity contribution is 0.624. The van der Waals surface area contributed by atoms with Crippen molar-refractivity contribution in [2.45, 2.75) is 31.7 Å². The minimum atomic E-state index is 0.312. The van der Waals surface area contributed by atoms with Crippen molar-refractivity contribution in [3.63, 3.8) is 0 Å². The SMILES string of the molecule is NC1CCC2=C(C1)c1ccccc1Cc1ccccc12. The Hall–Kier alpha value is -1.86. The third-order valence-electron chi connectivity index (χ3n) is 4.66. The van der Waals surface area contributed by atoms with Crippen molar-refractivity contribution >= 4 is 11.1 Å². The molecule has 0 fully saturated rings. The summed E-state index contributed by atoms with van der Waals surface area (Å²) in [6.45, 7) is 0. The van der Waals surface area contributed by atoms with Crippen LogP contribution in [0.5, 0.6) is 0 Å². The molecule has 2 aliphatic carbocycles. The molecule has 100 valence electrons. The molecule has 1 atom stereocenters. The molecule has 2 aromatic rings. The maximum Gasteiger partial charge on any atom is 0.00828 e. The van der Waals surface area contributed by atoms with E-state index in [-0.39, 0.29) is 0 Å². The first-order valence-corrected chi connectivity index (χ1v) is 7.47. The molecule has 1 unspecified atom stereocenters. The Kier molecular flexibility index (Phi) is 2.75. The van der Waals surface area contributed by atoms with Crippen LogP contribution in [-0.2, 0) is 6.42 Å². The third-order valence-corrected chi connectivity index (χ3v) is 4.66. The second-order valence-electron chi connectivity index (χ2n) is 5.95. The standard InChI is InChI=1S/C19H19N/c20-15-9-10-18-16-7-3-1-5-13(16)11-14-6-2-4-8-17(14)19(18)12-15/h1-8,15H,9-12,20H2. The van der Waals surface area contributed by atoms with Crippen LogP contribution in [-0.4, -0.2) is 6.04 Å². The fourth-order valence-corrected chi connectivity index (χ4v) is 3.68. The molecule has 0 aliphatic heterocycles. The maximum absolute atomic E-state index is 6.24. The largest absolute Gasteiger partial charge is 0.327 e. The number of hydrogen-bond donors (Lipinski definition) is 1. The summed E-state index contributed by atoms with van der Waals surface area (Å²) in [5.74, 6) is 0. The zero-order valence-corrected chi connectivity index (χ0v) is 11.6. The highest BCUT2D eigenvalue weighted by Crippen LogP contribution is 2.42. The van der Waals surface area contributed by atoms with Gasteiger partial charge in [0.1, 0.15) is 0 Å². The Balaban J connectivity index is 2.01. The molecule has 0 aromatic heterocycles. The van der Waals surface area contributed by atoms with E-state index in [1.807, 2.05) is 0 Å². The summed E-state index contributed by atoms with van der Waals surface area (Å²) in [5, 5.41) is 0. The fourth-order valence-electron chi connectivity index (χ4n) is 3.68. The van der Waals surface area contributed by atoms with Gasteiger partial charge in [-0.15, -0.1) is 0 Å². The molecule has 0 radical (unpaired) electrons. The Morgan fingerprint density at radius 3 is 2.10 bits per heavy atom. The molecule has 0 saturated carbocycles. The van der Waals surface area contributed by atoms with Gasteiger partial charge in [0.25, 0.3) is 0 Å². The molecule has 0 heterocycles. The van der Waals surface area contributed by atoms with Crippen molar-refractivity contribution in [2.24, 2.45) is 5.73 Å². The summed E-state index contributed by atoms with van der Waals surface area (Å²) in [5.41, 5.74) is 15.0. The molecule has 20 heavy (non-hydrogen) atoms. The minimum absolute atomic E-state index is 0.312. The number of benzene rings is 2. The first-order chi connectivity index (χ1) is 9.83. The van der Waals surface area contributed by atoms with Gasteiger partial charge in [0.15, 0.2) is 0 Å². The van der Waals surface area contributed by atoms with Crippen molar-refractivity contribution in [3.8, 4) is 0 Å². The lowest BCUT2D eigenvalue weighted by Gasteiger charge is -2.25. The molecule has 1 nitrogen and oxygen atoms in total. The number of nitrogens with two attached hydrogens (primary N) is 1. The molecule has 0 bridgehead atoms. The summed E-state index contributed by atoms with van der Waals surface area (Å²) in [6.07, 6.45) is 4.27. The Morgan fingerprint density at radius 2 is 1.40 bits per heavy atom. The number of fused-ring (bicyclic) bond motifs is 4. The summed E-state index contributed by atoms with van der Waals surface area (Å²) in [6, 6.07) is 18.0. The zero-order valence-electron chi connectivity index (χ0n) is 11.6. The predicted octanol–water partition coefficient (Wildman–Crippen LogP) is 4.01. The predicted molar refractivity (Wildman–Crippen MR) is 84.3 cm³/mol. The normalized spacial score (nSPS) is 20.8. The lowest BCUT2D eigenvalue weighted by Crippen LogP contribution is -2.23. The highest BCUT2D eigenvalue weighted by Gasteiger charge is 2.25. The zero-order chi connectivity index (χ0) is 13.5. The van der Waals surface area contributed by atoms with Crippen LogP contribution in [0.2, 0.25) is 0 Å². The molecule has 1 heteroatoms. The van der Waals surface area contributed by atoms with E-state index < -0.39 is 0 Å². The van der Waals surface area contributed by atoms with Crippen LogP contribution in [0.3, 0.4) is 0 Å². The van der Waals surface area contributed by atoms with Gasteiger partial charge >= 0.3 is 0 Å². The van der Waals surface area contributed by atoms with E-state index in [9.17, 15) is 0 Å². The highest BCUT2D eigenvalue weighted by molar-refractivity contribution is 5.94. The first-order valence-electron chi connectivity index (χ1n) is 7.47. The van der Waals surface area contributed by atoms with Crippen LogP contribution in [0, 0.1) is 0 Å². The summed E-state index contributed by atoms with van der Waals surface area (Å²) < 4.78 is 0. The van der Waals surface area contributed by atoms with Gasteiger partial charge in [-0.05, 0) is 59.1 Å². The highest BCUT2D eigenvalue weighted by atomic mass is 14.6. The van der Waals surface area contributed by atoms with Crippen LogP contribution in [0.15, 0.2) is 48.5 Å². The summed E-state index contributed by atoms with van der Waals surface area (Å²) in [7, 11) is 0. The number of hydrogen-bond acceptors (Lipinski definition) is 1. The van der Waals surface area contributed by atoms with Gasteiger partial charge in [-0.2, -0.15) is 0 Å². The van der Waals surface area contributed by atoms with Gasteiger partial charge < -0.3 is 5.73 Å². The lowest BCUT2D eigenvalue weighted by atomic mass is 9.82. The molecule has 0 spiro atoms. The van der Waals surface area contributed by atoms with Gasteiger partial charge in [-0.3, -0.25) is 0 Å². The van der Waals surface area contributed by atoms with Crippen LogP contribution in [0.4, 0.5) is 0 Å². The van der Waals surface area contributed by atoms with E-state index in [4.69, 9.17) is 5.73 Å². The molecule has 2 aromatic carbocycles. The molecule has 2 N–H and O–H groups in total. The van der Waals surface area contributed by atoms with Crippen LogP contribution < -0.4 is 5.73 Å².